The van der Waals surface area contributed by atoms with Gasteiger partial charge >= 0.3 is 0 Å². The summed E-state index contributed by atoms with van der Waals surface area (Å²) in [5, 5.41) is 0. The Labute approximate surface area is 122 Å². The Hall–Kier alpha value is -0.430. The van der Waals surface area contributed by atoms with Crippen LogP contribution in [0.2, 0.25) is 0 Å². The van der Waals surface area contributed by atoms with Gasteiger partial charge in [-0.15, -0.1) is 0 Å². The van der Waals surface area contributed by atoms with Gasteiger partial charge < -0.3 is 9.47 Å². The third-order valence-corrected chi connectivity index (χ3v) is 4.16. The lowest BCUT2D eigenvalue weighted by atomic mass is 9.85. The van der Waals surface area contributed by atoms with E-state index in [1.165, 1.54) is 0 Å². The van der Waals surface area contributed by atoms with Crippen LogP contribution in [0.3, 0.4) is 0 Å². The van der Waals surface area contributed by atoms with Gasteiger partial charge in [-0.05, 0) is 33.6 Å². The molecule has 6 heteroatoms. The lowest BCUT2D eigenvalue weighted by molar-refractivity contribution is -0.146. The van der Waals surface area contributed by atoms with Crippen LogP contribution in [0, 0.1) is 11.8 Å². The van der Waals surface area contributed by atoms with Gasteiger partial charge in [0.1, 0.15) is 0 Å². The second-order valence-electron chi connectivity index (χ2n) is 5.83. The van der Waals surface area contributed by atoms with Crippen LogP contribution in [0.1, 0.15) is 34.6 Å². The smallest absolute Gasteiger partial charge is 0.264 e. The number of ether oxygens (including phenoxy) is 2. The predicted octanol–water partition coefficient (Wildman–Crippen LogP) is 2.33. The molecule has 5 nitrogen and oxygen atoms in total. The molecule has 1 aliphatic heterocycles. The monoisotopic (exact) mass is 306 g/mol. The minimum absolute atomic E-state index is 0.0581. The van der Waals surface area contributed by atoms with Crippen molar-refractivity contribution >= 4 is 10.1 Å². The van der Waals surface area contributed by atoms with Crippen LogP contribution < -0.4 is 0 Å². The van der Waals surface area contributed by atoms with Crippen molar-refractivity contribution in [2.45, 2.75) is 52.6 Å². The van der Waals surface area contributed by atoms with Gasteiger partial charge in [0.05, 0.1) is 25.1 Å². The van der Waals surface area contributed by atoms with Crippen LogP contribution in [0.15, 0.2) is 12.2 Å². The minimum Gasteiger partial charge on any atom is -0.348 e. The standard InChI is InChI=1S/C14H26O5S/c1-7-8-12(11(3)19-20(6,15)16)10(2)13-9-17-14(4,5)18-13/h7-8,10-13H,9H2,1-6H3/b8-7-/t10-,11+,12-,13-/m0/s1. The molecule has 0 N–H and O–H groups in total. The molecule has 0 aromatic heterocycles. The molecule has 20 heavy (non-hydrogen) atoms. The molecule has 0 aliphatic carbocycles. The van der Waals surface area contributed by atoms with Crippen LogP contribution in [-0.4, -0.2) is 39.3 Å². The fourth-order valence-corrected chi connectivity index (χ4v) is 3.22. The number of hydrogen-bond acceptors (Lipinski definition) is 5. The van der Waals surface area contributed by atoms with Gasteiger partial charge in [-0.1, -0.05) is 19.1 Å². The second-order valence-corrected chi connectivity index (χ2v) is 7.44. The minimum atomic E-state index is -3.47. The predicted molar refractivity (Wildman–Crippen MR) is 77.8 cm³/mol. The van der Waals surface area contributed by atoms with E-state index in [9.17, 15) is 8.42 Å². The van der Waals surface area contributed by atoms with Gasteiger partial charge in [0.2, 0.25) is 0 Å². The van der Waals surface area contributed by atoms with E-state index < -0.39 is 22.0 Å². The summed E-state index contributed by atoms with van der Waals surface area (Å²) in [6, 6.07) is 0. The highest BCUT2D eigenvalue weighted by Gasteiger charge is 2.39. The highest BCUT2D eigenvalue weighted by molar-refractivity contribution is 7.86. The van der Waals surface area contributed by atoms with E-state index in [0.717, 1.165) is 6.26 Å². The summed E-state index contributed by atoms with van der Waals surface area (Å²) in [6.45, 7) is 9.96. The zero-order chi connectivity index (χ0) is 15.6. The Morgan fingerprint density at radius 2 is 1.95 bits per heavy atom. The van der Waals surface area contributed by atoms with Crippen molar-refractivity contribution in [1.82, 2.24) is 0 Å². The van der Waals surface area contributed by atoms with E-state index in [4.69, 9.17) is 13.7 Å². The number of hydrogen-bond donors (Lipinski definition) is 0. The molecule has 0 saturated carbocycles. The van der Waals surface area contributed by atoms with Crippen LogP contribution in [-0.2, 0) is 23.8 Å². The van der Waals surface area contributed by atoms with E-state index >= 15 is 0 Å². The Morgan fingerprint density at radius 3 is 2.35 bits per heavy atom. The third kappa shape index (κ3) is 5.16. The van der Waals surface area contributed by atoms with Gasteiger partial charge in [0.15, 0.2) is 5.79 Å². The van der Waals surface area contributed by atoms with Gasteiger partial charge in [-0.2, -0.15) is 8.42 Å². The normalized spacial score (nSPS) is 27.6. The zero-order valence-electron chi connectivity index (χ0n) is 13.1. The van der Waals surface area contributed by atoms with Gasteiger partial charge in [0.25, 0.3) is 10.1 Å². The molecule has 1 heterocycles. The van der Waals surface area contributed by atoms with Crippen molar-refractivity contribution < 1.29 is 22.1 Å². The zero-order valence-corrected chi connectivity index (χ0v) is 13.9. The van der Waals surface area contributed by atoms with Crippen molar-refractivity contribution in [3.8, 4) is 0 Å². The summed E-state index contributed by atoms with van der Waals surface area (Å²) in [5.41, 5.74) is 0. The van der Waals surface area contributed by atoms with Gasteiger partial charge in [-0.3, -0.25) is 4.18 Å². The maximum Gasteiger partial charge on any atom is 0.264 e. The summed E-state index contributed by atoms with van der Waals surface area (Å²) in [5.74, 6) is -0.553. The first kappa shape index (κ1) is 17.6. The van der Waals surface area contributed by atoms with Crippen LogP contribution in [0.4, 0.5) is 0 Å². The fourth-order valence-electron chi connectivity index (χ4n) is 2.54. The molecule has 0 amide bonds. The molecule has 1 rings (SSSR count). The molecule has 0 aromatic rings. The molecule has 0 radical (unpaired) electrons. The average molecular weight is 306 g/mol. The maximum atomic E-state index is 11.3. The summed E-state index contributed by atoms with van der Waals surface area (Å²) in [4.78, 5) is 0. The second kappa shape index (κ2) is 6.56. The summed E-state index contributed by atoms with van der Waals surface area (Å²) < 4.78 is 39.1. The molecule has 4 atom stereocenters. The summed E-state index contributed by atoms with van der Waals surface area (Å²) in [7, 11) is -3.47. The van der Waals surface area contributed by atoms with E-state index in [-0.39, 0.29) is 17.9 Å². The van der Waals surface area contributed by atoms with Crippen LogP contribution in [0.5, 0.6) is 0 Å². The van der Waals surface area contributed by atoms with E-state index in [2.05, 4.69) is 0 Å². The maximum absolute atomic E-state index is 11.3. The highest BCUT2D eigenvalue weighted by Crippen LogP contribution is 2.33. The lowest BCUT2D eigenvalue weighted by Gasteiger charge is -2.30. The molecule has 1 aliphatic rings. The molecule has 1 saturated heterocycles. The first-order valence-corrected chi connectivity index (χ1v) is 8.70. The molecular formula is C14H26O5S. The number of rotatable bonds is 6. The van der Waals surface area contributed by atoms with E-state index in [0.29, 0.717) is 6.61 Å². The summed E-state index contributed by atoms with van der Waals surface area (Å²) in [6.07, 6.45) is 4.43. The first-order chi connectivity index (χ1) is 9.06. The van der Waals surface area contributed by atoms with Crippen molar-refractivity contribution in [2.75, 3.05) is 12.9 Å². The quantitative estimate of drug-likeness (QED) is 0.557. The topological polar surface area (TPSA) is 61.8 Å². The highest BCUT2D eigenvalue weighted by atomic mass is 32.2. The van der Waals surface area contributed by atoms with E-state index in [1.54, 1.807) is 6.92 Å². The van der Waals surface area contributed by atoms with Crippen molar-refractivity contribution in [3.63, 3.8) is 0 Å². The Balaban J connectivity index is 2.80. The fraction of sp³-hybridized carbons (Fsp3) is 0.857. The van der Waals surface area contributed by atoms with Crippen LogP contribution in [0.25, 0.3) is 0 Å². The Kier molecular flexibility index (Phi) is 5.78. The number of allylic oxidation sites excluding steroid dienone is 1. The molecule has 0 aromatic carbocycles. The SMILES string of the molecule is C/C=C\[C@@H]([C@H](C)[C@@H]1COC(C)(C)O1)[C@@H](C)OS(C)(=O)=O. The van der Waals surface area contributed by atoms with E-state index in [1.807, 2.05) is 39.8 Å². The Morgan fingerprint density at radius 1 is 1.35 bits per heavy atom. The van der Waals surface area contributed by atoms with Crippen molar-refractivity contribution in [1.29, 1.82) is 0 Å². The van der Waals surface area contributed by atoms with Crippen molar-refractivity contribution in [3.05, 3.63) is 12.2 Å². The molecular weight excluding hydrogens is 280 g/mol. The molecule has 118 valence electrons. The third-order valence-electron chi connectivity index (χ3n) is 3.51. The molecule has 0 bridgehead atoms. The van der Waals surface area contributed by atoms with Gasteiger partial charge in [0, 0.05) is 5.92 Å². The Bertz CT molecular complexity index is 440. The molecule has 0 spiro atoms. The van der Waals surface area contributed by atoms with Crippen LogP contribution >= 0.6 is 0 Å². The first-order valence-electron chi connectivity index (χ1n) is 6.88. The summed E-state index contributed by atoms with van der Waals surface area (Å²) >= 11 is 0. The lowest BCUT2D eigenvalue weighted by Crippen LogP contribution is -2.35. The largest absolute Gasteiger partial charge is 0.348 e. The molecule has 1 fully saturated rings. The van der Waals surface area contributed by atoms with Crippen molar-refractivity contribution in [2.24, 2.45) is 11.8 Å². The average Bonchev–Trinajstić information content (AvgIpc) is 2.63. The van der Waals surface area contributed by atoms with Gasteiger partial charge in [-0.25, -0.2) is 0 Å². The molecule has 0 unspecified atom stereocenters.